The van der Waals surface area contributed by atoms with Crippen molar-refractivity contribution in [2.24, 2.45) is 11.8 Å². The highest BCUT2D eigenvalue weighted by atomic mass is 16.5. The first-order valence-corrected chi connectivity index (χ1v) is 8.28. The highest BCUT2D eigenvalue weighted by molar-refractivity contribution is 5.80. The van der Waals surface area contributed by atoms with Gasteiger partial charge in [0.25, 0.3) is 0 Å². The average Bonchev–Trinajstić information content (AvgIpc) is 2.35. The predicted molar refractivity (Wildman–Crippen MR) is 87.3 cm³/mol. The minimum absolute atomic E-state index is 0.166. The molecule has 1 saturated heterocycles. The predicted octanol–water partition coefficient (Wildman–Crippen LogP) is 2.67. The minimum atomic E-state index is -0.619. The van der Waals surface area contributed by atoms with Gasteiger partial charge in [-0.15, -0.1) is 0 Å². The third-order valence-corrected chi connectivity index (χ3v) is 4.47. The molecule has 1 rings (SSSR count). The largest absolute Gasteiger partial charge is 0.468 e. The summed E-state index contributed by atoms with van der Waals surface area (Å²) in [6.45, 7) is 15.2. The standard InChI is InChI=1S/C17H34N2O2/c1-12(2)18-17(6,16(20)21-7)9-15(5)19-10-13(3)8-14(4)11-19/h12-15,18H,8-11H2,1-7H3. The summed E-state index contributed by atoms with van der Waals surface area (Å²) in [6.07, 6.45) is 2.08. The summed E-state index contributed by atoms with van der Waals surface area (Å²) in [4.78, 5) is 14.7. The van der Waals surface area contributed by atoms with Crippen LogP contribution in [0.5, 0.6) is 0 Å². The smallest absolute Gasteiger partial charge is 0.325 e. The Labute approximate surface area is 130 Å². The molecule has 0 saturated carbocycles. The molecule has 4 nitrogen and oxygen atoms in total. The summed E-state index contributed by atoms with van der Waals surface area (Å²) >= 11 is 0. The molecule has 0 radical (unpaired) electrons. The van der Waals surface area contributed by atoms with Gasteiger partial charge >= 0.3 is 5.97 Å². The fourth-order valence-corrected chi connectivity index (χ4v) is 3.85. The maximum Gasteiger partial charge on any atom is 0.325 e. The Hall–Kier alpha value is -0.610. The van der Waals surface area contributed by atoms with E-state index < -0.39 is 5.54 Å². The Balaban J connectivity index is 2.75. The van der Waals surface area contributed by atoms with Crippen molar-refractivity contribution in [1.29, 1.82) is 0 Å². The lowest BCUT2D eigenvalue weighted by atomic mass is 9.87. The zero-order valence-electron chi connectivity index (χ0n) is 14.9. The van der Waals surface area contributed by atoms with Crippen LogP contribution in [0.2, 0.25) is 0 Å². The molecule has 1 N–H and O–H groups in total. The van der Waals surface area contributed by atoms with Crippen LogP contribution in [0.25, 0.3) is 0 Å². The number of rotatable bonds is 6. The summed E-state index contributed by atoms with van der Waals surface area (Å²) in [7, 11) is 1.47. The molecule has 124 valence electrons. The molecule has 1 aliphatic rings. The van der Waals surface area contributed by atoms with Crippen molar-refractivity contribution >= 4 is 5.97 Å². The van der Waals surface area contributed by atoms with Crippen molar-refractivity contribution in [3.05, 3.63) is 0 Å². The normalized spacial score (nSPS) is 28.2. The molecule has 1 heterocycles. The van der Waals surface area contributed by atoms with Crippen LogP contribution < -0.4 is 5.32 Å². The van der Waals surface area contributed by atoms with E-state index in [9.17, 15) is 4.79 Å². The quantitative estimate of drug-likeness (QED) is 0.766. The molecule has 4 atom stereocenters. The number of likely N-dealkylation sites (tertiary alicyclic amines) is 1. The van der Waals surface area contributed by atoms with Crippen LogP contribution in [-0.2, 0) is 9.53 Å². The van der Waals surface area contributed by atoms with Crippen LogP contribution in [0.15, 0.2) is 0 Å². The Kier molecular flexibility index (Phi) is 6.67. The first kappa shape index (κ1) is 18.4. The fraction of sp³-hybridized carbons (Fsp3) is 0.941. The van der Waals surface area contributed by atoms with E-state index in [-0.39, 0.29) is 12.0 Å². The lowest BCUT2D eigenvalue weighted by molar-refractivity contribution is -0.149. The summed E-state index contributed by atoms with van der Waals surface area (Å²) in [5, 5.41) is 3.40. The van der Waals surface area contributed by atoms with Gasteiger partial charge < -0.3 is 9.64 Å². The van der Waals surface area contributed by atoms with Crippen molar-refractivity contribution in [1.82, 2.24) is 10.2 Å². The van der Waals surface area contributed by atoms with E-state index in [0.717, 1.165) is 31.3 Å². The number of carbonyl (C=O) groups is 1. The van der Waals surface area contributed by atoms with E-state index in [0.29, 0.717) is 6.04 Å². The SMILES string of the molecule is COC(=O)C(C)(CC(C)N1CC(C)CC(C)C1)NC(C)C. The first-order valence-electron chi connectivity index (χ1n) is 8.28. The summed E-state index contributed by atoms with van der Waals surface area (Å²) in [5.41, 5.74) is -0.619. The number of carbonyl (C=O) groups excluding carboxylic acids is 1. The second-order valence-electron chi connectivity index (χ2n) is 7.58. The van der Waals surface area contributed by atoms with Crippen molar-refractivity contribution < 1.29 is 9.53 Å². The van der Waals surface area contributed by atoms with Gasteiger partial charge in [-0.2, -0.15) is 0 Å². The molecule has 0 spiro atoms. The molecule has 0 aromatic rings. The Morgan fingerprint density at radius 3 is 2.24 bits per heavy atom. The summed E-state index contributed by atoms with van der Waals surface area (Å²) < 4.78 is 5.03. The Bertz CT molecular complexity index is 336. The van der Waals surface area contributed by atoms with Crippen LogP contribution in [0, 0.1) is 11.8 Å². The minimum Gasteiger partial charge on any atom is -0.468 e. The molecule has 21 heavy (non-hydrogen) atoms. The molecular formula is C17H34N2O2. The molecule has 0 aromatic heterocycles. The second-order valence-corrected chi connectivity index (χ2v) is 7.58. The van der Waals surface area contributed by atoms with Crippen LogP contribution in [-0.4, -0.2) is 48.7 Å². The first-order chi connectivity index (χ1) is 9.67. The van der Waals surface area contributed by atoms with Crippen LogP contribution >= 0.6 is 0 Å². The van der Waals surface area contributed by atoms with E-state index in [1.807, 2.05) is 6.92 Å². The van der Waals surface area contributed by atoms with Crippen molar-refractivity contribution in [3.8, 4) is 0 Å². The maximum absolute atomic E-state index is 12.2. The highest BCUT2D eigenvalue weighted by Crippen LogP contribution is 2.26. The number of esters is 1. The number of hydrogen-bond acceptors (Lipinski definition) is 4. The monoisotopic (exact) mass is 298 g/mol. The van der Waals surface area contributed by atoms with Crippen LogP contribution in [0.1, 0.15) is 54.4 Å². The molecule has 0 amide bonds. The van der Waals surface area contributed by atoms with Gasteiger partial charge in [0.2, 0.25) is 0 Å². The average molecular weight is 298 g/mol. The fourth-order valence-electron chi connectivity index (χ4n) is 3.85. The molecule has 0 aliphatic carbocycles. The third kappa shape index (κ3) is 5.26. The molecular weight excluding hydrogens is 264 g/mol. The van der Waals surface area contributed by atoms with Crippen molar-refractivity contribution in [3.63, 3.8) is 0 Å². The molecule has 1 fully saturated rings. The molecule has 4 heteroatoms. The zero-order chi connectivity index (χ0) is 16.2. The number of ether oxygens (including phenoxy) is 1. The van der Waals surface area contributed by atoms with Gasteiger partial charge in [-0.3, -0.25) is 10.1 Å². The van der Waals surface area contributed by atoms with E-state index in [4.69, 9.17) is 4.74 Å². The highest BCUT2D eigenvalue weighted by Gasteiger charge is 2.38. The lowest BCUT2D eigenvalue weighted by Gasteiger charge is -2.42. The Morgan fingerprint density at radius 2 is 1.81 bits per heavy atom. The van der Waals surface area contributed by atoms with E-state index in [1.165, 1.54) is 13.5 Å². The molecule has 1 aliphatic heterocycles. The number of methoxy groups -OCH3 is 1. The van der Waals surface area contributed by atoms with E-state index in [1.54, 1.807) is 0 Å². The van der Waals surface area contributed by atoms with Crippen molar-refractivity contribution in [2.45, 2.75) is 72.0 Å². The summed E-state index contributed by atoms with van der Waals surface area (Å²) in [5.74, 6) is 1.30. The summed E-state index contributed by atoms with van der Waals surface area (Å²) in [6, 6.07) is 0.617. The van der Waals surface area contributed by atoms with Gasteiger partial charge in [-0.25, -0.2) is 0 Å². The molecule has 0 aromatic carbocycles. The third-order valence-electron chi connectivity index (χ3n) is 4.47. The number of nitrogens with zero attached hydrogens (tertiary/aromatic N) is 1. The van der Waals surface area contributed by atoms with E-state index >= 15 is 0 Å². The van der Waals surface area contributed by atoms with Crippen molar-refractivity contribution in [2.75, 3.05) is 20.2 Å². The zero-order valence-corrected chi connectivity index (χ0v) is 14.9. The maximum atomic E-state index is 12.2. The van der Waals surface area contributed by atoms with Crippen LogP contribution in [0.4, 0.5) is 0 Å². The number of piperidine rings is 1. The van der Waals surface area contributed by atoms with Gasteiger partial charge in [0.05, 0.1) is 7.11 Å². The lowest BCUT2D eigenvalue weighted by Crippen LogP contribution is -2.57. The number of hydrogen-bond donors (Lipinski definition) is 1. The molecule has 0 bridgehead atoms. The van der Waals surface area contributed by atoms with Gasteiger partial charge in [-0.05, 0) is 52.4 Å². The number of nitrogens with one attached hydrogen (secondary N) is 1. The van der Waals surface area contributed by atoms with Crippen LogP contribution in [0.3, 0.4) is 0 Å². The Morgan fingerprint density at radius 1 is 1.29 bits per heavy atom. The second kappa shape index (κ2) is 7.59. The van der Waals surface area contributed by atoms with Gasteiger partial charge in [0, 0.05) is 25.2 Å². The molecule has 4 unspecified atom stereocenters. The van der Waals surface area contributed by atoms with Gasteiger partial charge in [0.15, 0.2) is 0 Å². The van der Waals surface area contributed by atoms with Gasteiger partial charge in [-0.1, -0.05) is 13.8 Å². The topological polar surface area (TPSA) is 41.6 Å². The van der Waals surface area contributed by atoms with Gasteiger partial charge in [0.1, 0.15) is 5.54 Å². The van der Waals surface area contributed by atoms with E-state index in [2.05, 4.69) is 44.8 Å².